The fourth-order valence-corrected chi connectivity index (χ4v) is 3.60. The molecule has 0 aromatic carbocycles. The first-order valence-electron chi connectivity index (χ1n) is 7.18. The lowest BCUT2D eigenvalue weighted by atomic mass is 10.2. The predicted octanol–water partition coefficient (Wildman–Crippen LogP) is 2.87. The van der Waals surface area contributed by atoms with Crippen molar-refractivity contribution in [1.82, 2.24) is 0 Å². The Morgan fingerprint density at radius 1 is 1.37 bits per heavy atom. The zero-order valence-corrected chi connectivity index (χ0v) is 13.9. The highest BCUT2D eigenvalue weighted by atomic mass is 28.4. The normalized spacial score (nSPS) is 34.0. The summed E-state index contributed by atoms with van der Waals surface area (Å²) in [7, 11) is -1.83. The molecule has 1 saturated heterocycles. The topological polar surface area (TPSA) is 48.1 Å². The molecule has 0 bridgehead atoms. The van der Waals surface area contributed by atoms with Gasteiger partial charge in [0.15, 0.2) is 14.4 Å². The fourth-order valence-electron chi connectivity index (χ4n) is 2.26. The van der Waals surface area contributed by atoms with E-state index in [1.807, 2.05) is 6.92 Å². The van der Waals surface area contributed by atoms with Crippen molar-refractivity contribution in [3.05, 3.63) is 0 Å². The van der Waals surface area contributed by atoms with Crippen LogP contribution in [0.3, 0.4) is 0 Å². The fraction of sp³-hybridized carbons (Fsp3) is 0.929. The summed E-state index contributed by atoms with van der Waals surface area (Å²) in [5.41, 5.74) is 0. The Bertz CT molecular complexity index is 361. The number of carbonyl (C=O) groups excluding carboxylic acids is 1. The highest BCUT2D eigenvalue weighted by Crippen LogP contribution is 2.46. The van der Waals surface area contributed by atoms with Gasteiger partial charge in [-0.15, -0.1) is 0 Å². The molecule has 0 spiro atoms. The Morgan fingerprint density at radius 2 is 2.00 bits per heavy atom. The molecule has 4 nitrogen and oxygen atoms in total. The third-order valence-electron chi connectivity index (χ3n) is 4.58. The molecule has 1 saturated carbocycles. The number of esters is 1. The number of rotatable bonds is 4. The van der Waals surface area contributed by atoms with Crippen molar-refractivity contribution < 1.29 is 18.7 Å². The molecule has 1 aliphatic heterocycles. The van der Waals surface area contributed by atoms with Crippen LogP contribution < -0.4 is 0 Å². The van der Waals surface area contributed by atoms with E-state index in [9.17, 15) is 4.79 Å². The minimum atomic E-state index is -1.83. The van der Waals surface area contributed by atoms with Crippen molar-refractivity contribution in [3.8, 4) is 0 Å². The van der Waals surface area contributed by atoms with Gasteiger partial charge in [-0.25, -0.2) is 0 Å². The molecule has 4 atom stereocenters. The lowest BCUT2D eigenvalue weighted by Crippen LogP contribution is -2.47. The van der Waals surface area contributed by atoms with Crippen LogP contribution in [0.5, 0.6) is 0 Å². The number of hydrogen-bond acceptors (Lipinski definition) is 4. The van der Waals surface area contributed by atoms with Gasteiger partial charge in [-0.1, -0.05) is 27.7 Å². The zero-order valence-electron chi connectivity index (χ0n) is 12.9. The van der Waals surface area contributed by atoms with Crippen LogP contribution in [0.4, 0.5) is 0 Å². The molecular weight excluding hydrogens is 260 g/mol. The van der Waals surface area contributed by atoms with E-state index in [1.165, 1.54) is 0 Å². The molecule has 19 heavy (non-hydrogen) atoms. The summed E-state index contributed by atoms with van der Waals surface area (Å²) >= 11 is 0. The number of fused-ring (bicyclic) bond motifs is 1. The zero-order chi connectivity index (χ0) is 14.4. The second-order valence-corrected chi connectivity index (χ2v) is 11.9. The van der Waals surface area contributed by atoms with Gasteiger partial charge in [0.1, 0.15) is 6.10 Å². The van der Waals surface area contributed by atoms with Crippen LogP contribution in [-0.2, 0) is 18.7 Å². The predicted molar refractivity (Wildman–Crippen MR) is 75.5 cm³/mol. The molecule has 110 valence electrons. The molecule has 0 aromatic rings. The summed E-state index contributed by atoms with van der Waals surface area (Å²) in [5, 5.41) is 0.167. The molecule has 5 heteroatoms. The standard InChI is InChI=1S/C14H26O4Si/c1-7-11(15)17-13-10(8-9-12(13)16-9)18-19(5,6)14(2,3)4/h9-10,12-13H,7-8H2,1-6H3/t9-,10+,12+,13-/m0/s1. The summed E-state index contributed by atoms with van der Waals surface area (Å²) in [6.45, 7) is 12.9. The van der Waals surface area contributed by atoms with Gasteiger partial charge in [0.2, 0.25) is 0 Å². The number of ether oxygens (including phenoxy) is 2. The quantitative estimate of drug-likeness (QED) is 0.453. The van der Waals surface area contributed by atoms with Gasteiger partial charge in [-0.2, -0.15) is 0 Å². The van der Waals surface area contributed by atoms with E-state index in [0.29, 0.717) is 6.42 Å². The number of carbonyl (C=O) groups is 1. The van der Waals surface area contributed by atoms with Gasteiger partial charge in [0, 0.05) is 12.8 Å². The molecule has 2 rings (SSSR count). The van der Waals surface area contributed by atoms with Crippen LogP contribution in [0.15, 0.2) is 0 Å². The van der Waals surface area contributed by atoms with Crippen molar-refractivity contribution in [3.63, 3.8) is 0 Å². The maximum absolute atomic E-state index is 11.5. The molecule has 2 aliphatic rings. The maximum atomic E-state index is 11.5. The van der Waals surface area contributed by atoms with Crippen molar-refractivity contribution >= 4 is 14.3 Å². The van der Waals surface area contributed by atoms with E-state index < -0.39 is 8.32 Å². The molecule has 0 aromatic heterocycles. The molecule has 1 aliphatic carbocycles. The Hall–Kier alpha value is -0.393. The lowest BCUT2D eigenvalue weighted by molar-refractivity contribution is -0.155. The average Bonchev–Trinajstić information content (AvgIpc) is 2.95. The monoisotopic (exact) mass is 286 g/mol. The molecule has 0 radical (unpaired) electrons. The highest BCUT2D eigenvalue weighted by Gasteiger charge is 2.59. The van der Waals surface area contributed by atoms with Crippen molar-refractivity contribution in [2.45, 2.75) is 83.1 Å². The van der Waals surface area contributed by atoms with E-state index in [2.05, 4.69) is 33.9 Å². The maximum Gasteiger partial charge on any atom is 0.305 e. The SMILES string of the molecule is CCC(=O)O[C@@H]1[C@@H]2O[C@H]2C[C@H]1O[Si](C)(C)C(C)(C)C. The second-order valence-electron chi connectivity index (χ2n) is 7.10. The Balaban J connectivity index is 2.01. The second kappa shape index (κ2) is 4.86. The summed E-state index contributed by atoms with van der Waals surface area (Å²) in [5.74, 6) is -0.162. The third-order valence-corrected chi connectivity index (χ3v) is 9.09. The largest absolute Gasteiger partial charge is 0.457 e. The van der Waals surface area contributed by atoms with E-state index in [4.69, 9.17) is 13.9 Å². The number of hydrogen-bond donors (Lipinski definition) is 0. The first kappa shape index (κ1) is 15.0. The van der Waals surface area contributed by atoms with E-state index in [1.54, 1.807) is 0 Å². The van der Waals surface area contributed by atoms with Crippen LogP contribution in [0.2, 0.25) is 18.1 Å². The van der Waals surface area contributed by atoms with E-state index >= 15 is 0 Å². The van der Waals surface area contributed by atoms with Crippen LogP contribution in [0.25, 0.3) is 0 Å². The van der Waals surface area contributed by atoms with Crippen molar-refractivity contribution in [1.29, 1.82) is 0 Å². The van der Waals surface area contributed by atoms with Gasteiger partial charge in [0.05, 0.1) is 12.2 Å². The van der Waals surface area contributed by atoms with Gasteiger partial charge >= 0.3 is 5.97 Å². The lowest BCUT2D eigenvalue weighted by Gasteiger charge is -2.40. The minimum absolute atomic E-state index is 0.0140. The average molecular weight is 286 g/mol. The molecule has 0 amide bonds. The molecule has 2 fully saturated rings. The Morgan fingerprint density at radius 3 is 2.53 bits per heavy atom. The van der Waals surface area contributed by atoms with E-state index in [0.717, 1.165) is 6.42 Å². The van der Waals surface area contributed by atoms with E-state index in [-0.39, 0.29) is 35.4 Å². The summed E-state index contributed by atoms with van der Waals surface area (Å²) in [6.07, 6.45) is 1.39. The van der Waals surface area contributed by atoms with Gasteiger partial charge < -0.3 is 13.9 Å². The van der Waals surface area contributed by atoms with Gasteiger partial charge in [-0.05, 0) is 18.1 Å². The first-order valence-corrected chi connectivity index (χ1v) is 10.1. The van der Waals surface area contributed by atoms with Gasteiger partial charge in [0.25, 0.3) is 0 Å². The van der Waals surface area contributed by atoms with Crippen molar-refractivity contribution in [2.75, 3.05) is 0 Å². The first-order chi connectivity index (χ1) is 8.65. The van der Waals surface area contributed by atoms with Crippen LogP contribution in [0.1, 0.15) is 40.5 Å². The van der Waals surface area contributed by atoms with Crippen LogP contribution >= 0.6 is 0 Å². The highest BCUT2D eigenvalue weighted by molar-refractivity contribution is 6.74. The van der Waals surface area contributed by atoms with Crippen LogP contribution in [-0.4, -0.2) is 38.7 Å². The van der Waals surface area contributed by atoms with Crippen molar-refractivity contribution in [2.24, 2.45) is 0 Å². The molecule has 0 N–H and O–H groups in total. The third kappa shape index (κ3) is 3.03. The van der Waals surface area contributed by atoms with Crippen LogP contribution in [0, 0.1) is 0 Å². The summed E-state index contributed by atoms with van der Waals surface area (Å²) in [4.78, 5) is 11.5. The molecule has 0 unspecified atom stereocenters. The summed E-state index contributed by atoms with van der Waals surface area (Å²) < 4.78 is 17.4. The van der Waals surface area contributed by atoms with Gasteiger partial charge in [-0.3, -0.25) is 4.79 Å². The Kier molecular flexibility index (Phi) is 3.84. The Labute approximate surface area is 116 Å². The molecule has 1 heterocycles. The smallest absolute Gasteiger partial charge is 0.305 e. The molecular formula is C14H26O4Si. The number of epoxide rings is 1. The summed E-state index contributed by atoms with van der Waals surface area (Å²) in [6, 6.07) is 0. The minimum Gasteiger partial charge on any atom is -0.457 e.